The number of benzene rings is 2. The van der Waals surface area contributed by atoms with Gasteiger partial charge in [-0.3, -0.25) is 0 Å². The second-order valence-corrected chi connectivity index (χ2v) is 26.3. The fourth-order valence-electron chi connectivity index (χ4n) is 12.1. The van der Waals surface area contributed by atoms with Gasteiger partial charge in [-0.25, -0.2) is 4.70 Å². The Kier molecular flexibility index (Phi) is 47.8. The summed E-state index contributed by atoms with van der Waals surface area (Å²) in [6, 6.07) is 18.5. The fraction of sp³-hybridized carbons (Fsp3) is 0.744. The Balaban J connectivity index is 0.00000228. The van der Waals surface area contributed by atoms with E-state index in [-0.39, 0.29) is 0 Å². The molecular weight excluding hydrogens is 1020 g/mol. The van der Waals surface area contributed by atoms with Crippen molar-refractivity contribution in [2.24, 2.45) is 11.8 Å². The van der Waals surface area contributed by atoms with Crippen molar-refractivity contribution < 1.29 is 19.1 Å². The average Bonchev–Trinajstić information content (AvgIpc) is 3.93. The topological polar surface area (TPSA) is 25.3 Å². The summed E-state index contributed by atoms with van der Waals surface area (Å²) < 4.78 is 1.72. The van der Waals surface area contributed by atoms with E-state index in [1.165, 1.54) is 288 Å². The van der Waals surface area contributed by atoms with E-state index in [4.69, 9.17) is 0 Å². The van der Waals surface area contributed by atoms with E-state index < -0.39 is 0 Å². The number of hydrogen-bond donors (Lipinski definition) is 0. The molecule has 1 heterocycles. The maximum absolute atomic E-state index is 13.1. The van der Waals surface area contributed by atoms with Crippen LogP contribution >= 0.6 is 0 Å². The van der Waals surface area contributed by atoms with Gasteiger partial charge in [0, 0.05) is 22.3 Å². The number of nitrogens with zero attached hydrogens (tertiary/aromatic N) is 2. The molecule has 3 heteroatoms. The molecule has 3 rings (SSSR count). The van der Waals surface area contributed by atoms with Crippen LogP contribution in [0.3, 0.4) is 0 Å². The molecule has 2 unspecified atom stereocenters. The Morgan fingerprint density at radius 3 is 1.09 bits per heavy atom. The molecule has 0 radical (unpaired) electrons. The molecule has 1 aliphatic heterocycles. The molecular formula is C78H134N2Ni. The first-order chi connectivity index (χ1) is 39.8. The minimum atomic E-state index is 0.602. The summed E-state index contributed by atoms with van der Waals surface area (Å²) >= 11 is 1.94. The summed E-state index contributed by atoms with van der Waals surface area (Å²) in [4.78, 5) is 0. The number of aryl methyl sites for hydroxylation is 2. The van der Waals surface area contributed by atoms with Gasteiger partial charge in [-0.1, -0.05) is 256 Å². The van der Waals surface area contributed by atoms with Crippen molar-refractivity contribution >= 4 is 11.4 Å². The standard InChI is InChI=1S/C70H116N2.2C4H9.Ni/c1-9-17-25-28-30-32-34-45-59(41-20-12-4)57-61(43-22-14-6)53-55-63-47-37-39-50-65(63)69-67(49-24-16-8)68(52-36-27-19-11-3)70(72(69)71)66-51-40-38-48-64(66)56-54-62(44-23-15-7)58-60(42-21-13-5)46-35-33-31-29-26-18-10-2;2*1-3-4-2;/h37-40,47-48,50-51,57-58,61-62H,9-36,41-46,49,52-56H2,1-8H3;2*1,3-4H2,2H3;. The third-order valence-corrected chi connectivity index (χ3v) is 18.8. The minimum absolute atomic E-state index is 0.602. The Morgan fingerprint density at radius 2 is 0.691 bits per heavy atom. The van der Waals surface area contributed by atoms with Gasteiger partial charge in [0.1, 0.15) is 0 Å². The van der Waals surface area contributed by atoms with Gasteiger partial charge in [0.15, 0.2) is 0 Å². The third kappa shape index (κ3) is 33.1. The number of allylic oxidation sites excluding steroid dienone is 6. The summed E-state index contributed by atoms with van der Waals surface area (Å²) in [6.07, 6.45) is 61.9. The fourth-order valence-corrected chi connectivity index (χ4v) is 13.6. The summed E-state index contributed by atoms with van der Waals surface area (Å²) in [5.41, 5.74) is 26.8. The van der Waals surface area contributed by atoms with Gasteiger partial charge in [-0.05, 0) is 151 Å². The summed E-state index contributed by atoms with van der Waals surface area (Å²) in [5, 5.41) is 2.78. The van der Waals surface area contributed by atoms with Crippen LogP contribution in [0.25, 0.3) is 16.9 Å². The number of rotatable bonds is 52. The van der Waals surface area contributed by atoms with E-state index in [9.17, 15) is 5.53 Å². The van der Waals surface area contributed by atoms with Crippen molar-refractivity contribution in [1.29, 1.82) is 0 Å². The van der Waals surface area contributed by atoms with Crippen LogP contribution in [0.5, 0.6) is 0 Å². The van der Waals surface area contributed by atoms with Crippen molar-refractivity contribution in [3.05, 3.63) is 111 Å². The van der Waals surface area contributed by atoms with Crippen molar-refractivity contribution in [2.75, 3.05) is 0 Å². The van der Waals surface area contributed by atoms with Crippen LogP contribution in [-0.2, 0) is 27.3 Å². The predicted octanol–water partition coefficient (Wildman–Crippen LogP) is 27.5. The quantitative estimate of drug-likeness (QED) is 0.0273. The van der Waals surface area contributed by atoms with Gasteiger partial charge in [0.25, 0.3) is 0 Å². The van der Waals surface area contributed by atoms with E-state index in [1.54, 1.807) is 15.8 Å². The third-order valence-electron chi connectivity index (χ3n) is 17.4. The zero-order chi connectivity index (χ0) is 58.8. The SMILES string of the molecule is CCCCCCCCCC(=CC(CCCC)CCc1ccccc1C1=C(CCCC)C(CCCCCC)=C(c2ccccc2CCC(C=C(CCCC)CCCCCCCCC)CCCC)[N+]1=[N-])CCCC.CCC[CH2][Ni][CH2]CCC. The van der Waals surface area contributed by atoms with E-state index in [1.807, 2.05) is 14.4 Å². The van der Waals surface area contributed by atoms with Crippen LogP contribution in [0.15, 0.2) is 83.0 Å². The van der Waals surface area contributed by atoms with Crippen LogP contribution in [0.1, 0.15) is 361 Å². The molecule has 2 nitrogen and oxygen atoms in total. The van der Waals surface area contributed by atoms with Crippen molar-refractivity contribution in [3.8, 4) is 0 Å². The van der Waals surface area contributed by atoms with Gasteiger partial charge in [0.2, 0.25) is 11.4 Å². The van der Waals surface area contributed by atoms with E-state index in [2.05, 4.69) is 130 Å². The zero-order valence-corrected chi connectivity index (χ0v) is 56.7. The van der Waals surface area contributed by atoms with Crippen LogP contribution in [0.4, 0.5) is 0 Å². The van der Waals surface area contributed by atoms with E-state index in [0.29, 0.717) is 11.8 Å². The predicted molar refractivity (Wildman–Crippen MR) is 361 cm³/mol. The molecule has 2 aromatic rings. The zero-order valence-electron chi connectivity index (χ0n) is 55.7. The second kappa shape index (κ2) is 51.9. The summed E-state index contributed by atoms with van der Waals surface area (Å²) in [6.45, 7) is 23.2. The number of unbranched alkanes of at least 4 members (excludes halogenated alkanes) is 22. The molecule has 0 bridgehead atoms. The Hall–Kier alpha value is -2.51. The van der Waals surface area contributed by atoms with Gasteiger partial charge in [-0.15, -0.1) is 0 Å². The second-order valence-electron chi connectivity index (χ2n) is 24.9. The maximum atomic E-state index is 13.1. The van der Waals surface area contributed by atoms with Crippen LogP contribution in [-0.4, -0.2) is 4.70 Å². The molecule has 0 amide bonds. The Morgan fingerprint density at radius 1 is 0.358 bits per heavy atom. The van der Waals surface area contributed by atoms with Crippen LogP contribution < -0.4 is 0 Å². The molecule has 0 spiro atoms. The van der Waals surface area contributed by atoms with Crippen LogP contribution in [0.2, 0.25) is 10.8 Å². The summed E-state index contributed by atoms with van der Waals surface area (Å²) in [5.74, 6) is 1.20. The normalized spacial score (nSPS) is 13.9. The molecule has 0 aliphatic carbocycles. The van der Waals surface area contributed by atoms with Gasteiger partial charge < -0.3 is 5.53 Å². The molecule has 81 heavy (non-hydrogen) atoms. The van der Waals surface area contributed by atoms with E-state index >= 15 is 0 Å². The van der Waals surface area contributed by atoms with Gasteiger partial charge in [-0.2, -0.15) is 0 Å². The monoisotopic (exact) mass is 1160 g/mol. The number of hydrogen-bond acceptors (Lipinski definition) is 0. The first kappa shape index (κ1) is 74.6. The molecule has 2 atom stereocenters. The van der Waals surface area contributed by atoms with Gasteiger partial charge in [0.05, 0.1) is 0 Å². The summed E-state index contributed by atoms with van der Waals surface area (Å²) in [7, 11) is 0. The molecule has 0 saturated heterocycles. The molecule has 0 N–H and O–H groups in total. The molecule has 0 saturated carbocycles. The first-order valence-electron chi connectivity index (χ1n) is 35.8. The Bertz CT molecular complexity index is 1960. The van der Waals surface area contributed by atoms with Gasteiger partial charge >= 0.3 is 64.8 Å². The van der Waals surface area contributed by atoms with Crippen molar-refractivity contribution in [1.82, 2.24) is 0 Å². The van der Waals surface area contributed by atoms with E-state index in [0.717, 1.165) is 49.9 Å². The van der Waals surface area contributed by atoms with Crippen molar-refractivity contribution in [3.63, 3.8) is 0 Å². The molecule has 466 valence electrons. The molecule has 2 aromatic carbocycles. The molecule has 0 fully saturated rings. The average molecular weight is 1160 g/mol. The first-order valence-corrected chi connectivity index (χ1v) is 37.2. The van der Waals surface area contributed by atoms with Crippen LogP contribution in [0, 0.1) is 11.8 Å². The van der Waals surface area contributed by atoms with Crippen molar-refractivity contribution in [2.45, 2.75) is 363 Å². The molecule has 0 aromatic heterocycles. The Labute approximate surface area is 512 Å². The molecule has 1 aliphatic rings.